The Kier molecular flexibility index (Phi) is 13.9. The molecule has 0 aliphatic heterocycles. The highest BCUT2D eigenvalue weighted by Gasteiger charge is 2.11. The standard InChI is InChI=1S/C29H39N3O6/c1-5-10-22-12-14-24(26(20-22)35-3)37-28(33)31-18-8-7-16-30-17-9-19-32-29(34)38-25-15-13-23(11-6-2)21-27(25)36-4/h5-6,12-15,20-21,30H,1-2,7-11,16-19H2,3-4H3,(H,31,33)(H,32,34). The lowest BCUT2D eigenvalue weighted by atomic mass is 10.1. The molecule has 0 bridgehead atoms. The fourth-order valence-electron chi connectivity index (χ4n) is 3.55. The number of allylic oxidation sites excluding steroid dienone is 2. The van der Waals surface area contributed by atoms with E-state index in [1.807, 2.05) is 24.3 Å². The molecule has 0 fully saturated rings. The van der Waals surface area contributed by atoms with Crippen LogP contribution >= 0.6 is 0 Å². The van der Waals surface area contributed by atoms with Gasteiger partial charge in [0.05, 0.1) is 14.2 Å². The number of ether oxygens (including phenoxy) is 4. The van der Waals surface area contributed by atoms with Crippen molar-refractivity contribution in [3.8, 4) is 23.0 Å². The van der Waals surface area contributed by atoms with Crippen molar-refractivity contribution in [2.24, 2.45) is 0 Å². The Hall–Kier alpha value is -3.98. The van der Waals surface area contributed by atoms with E-state index >= 15 is 0 Å². The number of hydrogen-bond acceptors (Lipinski definition) is 7. The van der Waals surface area contributed by atoms with Gasteiger partial charge in [-0.3, -0.25) is 0 Å². The Labute approximate surface area is 225 Å². The highest BCUT2D eigenvalue weighted by molar-refractivity contribution is 5.72. The molecular weight excluding hydrogens is 486 g/mol. The summed E-state index contributed by atoms with van der Waals surface area (Å²) in [5.74, 6) is 1.75. The van der Waals surface area contributed by atoms with Crippen LogP contribution in [0, 0.1) is 0 Å². The first-order valence-electron chi connectivity index (χ1n) is 12.7. The molecule has 2 aromatic rings. The van der Waals surface area contributed by atoms with Crippen LogP contribution in [0.15, 0.2) is 61.7 Å². The molecule has 0 aliphatic rings. The van der Waals surface area contributed by atoms with Crippen molar-refractivity contribution in [3.63, 3.8) is 0 Å². The lowest BCUT2D eigenvalue weighted by molar-refractivity contribution is 0.197. The van der Waals surface area contributed by atoms with E-state index in [0.29, 0.717) is 48.9 Å². The van der Waals surface area contributed by atoms with E-state index in [0.717, 1.165) is 43.5 Å². The topological polar surface area (TPSA) is 107 Å². The van der Waals surface area contributed by atoms with E-state index in [-0.39, 0.29) is 0 Å². The number of unbranched alkanes of at least 4 members (excludes halogenated alkanes) is 1. The van der Waals surface area contributed by atoms with Crippen LogP contribution in [0.4, 0.5) is 9.59 Å². The van der Waals surface area contributed by atoms with Gasteiger partial charge in [0, 0.05) is 13.1 Å². The van der Waals surface area contributed by atoms with Crippen molar-refractivity contribution in [2.75, 3.05) is 40.4 Å². The van der Waals surface area contributed by atoms with Crippen LogP contribution in [0.1, 0.15) is 30.4 Å². The van der Waals surface area contributed by atoms with Crippen LogP contribution in [0.5, 0.6) is 23.0 Å². The molecule has 9 nitrogen and oxygen atoms in total. The molecule has 2 aromatic carbocycles. The third-order valence-corrected chi connectivity index (χ3v) is 5.47. The maximum Gasteiger partial charge on any atom is 0.412 e. The van der Waals surface area contributed by atoms with Gasteiger partial charge in [-0.05, 0) is 80.6 Å². The Bertz CT molecular complexity index is 973. The van der Waals surface area contributed by atoms with Gasteiger partial charge < -0.3 is 34.9 Å². The Morgan fingerprint density at radius 1 is 0.684 bits per heavy atom. The van der Waals surface area contributed by atoms with Gasteiger partial charge >= 0.3 is 12.2 Å². The maximum absolute atomic E-state index is 12.1. The Morgan fingerprint density at radius 3 is 1.61 bits per heavy atom. The van der Waals surface area contributed by atoms with Crippen LogP contribution in [-0.2, 0) is 12.8 Å². The number of amides is 2. The average molecular weight is 526 g/mol. The zero-order valence-corrected chi connectivity index (χ0v) is 22.3. The van der Waals surface area contributed by atoms with Crippen molar-refractivity contribution >= 4 is 12.2 Å². The molecule has 38 heavy (non-hydrogen) atoms. The molecule has 0 spiro atoms. The summed E-state index contributed by atoms with van der Waals surface area (Å²) >= 11 is 0. The third-order valence-electron chi connectivity index (χ3n) is 5.47. The van der Waals surface area contributed by atoms with Gasteiger partial charge in [-0.15, -0.1) is 13.2 Å². The zero-order chi connectivity index (χ0) is 27.6. The molecule has 0 saturated heterocycles. The van der Waals surface area contributed by atoms with E-state index in [1.165, 1.54) is 14.2 Å². The smallest absolute Gasteiger partial charge is 0.412 e. The number of hydrogen-bond donors (Lipinski definition) is 3. The molecule has 0 atom stereocenters. The van der Waals surface area contributed by atoms with Crippen LogP contribution in [0.25, 0.3) is 0 Å². The van der Waals surface area contributed by atoms with Crippen LogP contribution < -0.4 is 34.9 Å². The third kappa shape index (κ3) is 11.0. The van der Waals surface area contributed by atoms with E-state index in [1.54, 1.807) is 24.3 Å². The van der Waals surface area contributed by atoms with Crippen molar-refractivity contribution in [1.29, 1.82) is 0 Å². The lowest BCUT2D eigenvalue weighted by Crippen LogP contribution is -2.30. The SMILES string of the molecule is C=CCc1ccc(OC(=O)NCCCCNCCCNC(=O)Oc2ccc(CC=C)cc2OC)c(OC)c1. The lowest BCUT2D eigenvalue weighted by Gasteiger charge is -2.12. The maximum atomic E-state index is 12.1. The fourth-order valence-corrected chi connectivity index (χ4v) is 3.55. The summed E-state index contributed by atoms with van der Waals surface area (Å²) in [5.41, 5.74) is 2.05. The van der Waals surface area contributed by atoms with Gasteiger partial charge in [0.15, 0.2) is 23.0 Å². The van der Waals surface area contributed by atoms with Gasteiger partial charge in [-0.25, -0.2) is 9.59 Å². The number of benzene rings is 2. The van der Waals surface area contributed by atoms with E-state index in [4.69, 9.17) is 18.9 Å². The number of rotatable bonds is 17. The summed E-state index contributed by atoms with van der Waals surface area (Å²) in [6, 6.07) is 10.8. The minimum absolute atomic E-state index is 0.369. The van der Waals surface area contributed by atoms with E-state index in [9.17, 15) is 9.59 Å². The first kappa shape index (κ1) is 30.2. The van der Waals surface area contributed by atoms with Crippen molar-refractivity contribution in [2.45, 2.75) is 32.1 Å². The summed E-state index contributed by atoms with van der Waals surface area (Å²) in [6.45, 7) is 9.97. The predicted molar refractivity (Wildman–Crippen MR) is 149 cm³/mol. The van der Waals surface area contributed by atoms with Crippen molar-refractivity contribution in [3.05, 3.63) is 72.8 Å². The normalized spacial score (nSPS) is 10.3. The molecule has 0 heterocycles. The quantitative estimate of drug-likeness (QED) is 0.201. The summed E-state index contributed by atoms with van der Waals surface area (Å²) in [6.07, 6.45) is 6.42. The predicted octanol–water partition coefficient (Wildman–Crippen LogP) is 4.80. The Morgan fingerprint density at radius 2 is 1.13 bits per heavy atom. The largest absolute Gasteiger partial charge is 0.493 e. The van der Waals surface area contributed by atoms with Gasteiger partial charge in [-0.1, -0.05) is 24.3 Å². The molecule has 0 unspecified atom stereocenters. The van der Waals surface area contributed by atoms with Gasteiger partial charge in [0.1, 0.15) is 0 Å². The second kappa shape index (κ2) is 17.5. The molecule has 2 amide bonds. The van der Waals surface area contributed by atoms with Crippen molar-refractivity contribution in [1.82, 2.24) is 16.0 Å². The number of nitrogens with one attached hydrogen (secondary N) is 3. The number of methoxy groups -OCH3 is 2. The van der Waals surface area contributed by atoms with Gasteiger partial charge in [0.2, 0.25) is 0 Å². The average Bonchev–Trinajstić information content (AvgIpc) is 2.91. The summed E-state index contributed by atoms with van der Waals surface area (Å²) < 4.78 is 21.3. The van der Waals surface area contributed by atoms with E-state index in [2.05, 4.69) is 29.1 Å². The molecule has 0 aromatic heterocycles. The second-order valence-corrected chi connectivity index (χ2v) is 8.40. The van der Waals surface area contributed by atoms with Crippen LogP contribution in [-0.4, -0.2) is 52.6 Å². The molecule has 0 aliphatic carbocycles. The summed E-state index contributed by atoms with van der Waals surface area (Å²) in [4.78, 5) is 24.1. The monoisotopic (exact) mass is 525 g/mol. The summed E-state index contributed by atoms with van der Waals surface area (Å²) in [7, 11) is 3.07. The first-order valence-corrected chi connectivity index (χ1v) is 12.7. The van der Waals surface area contributed by atoms with Crippen molar-refractivity contribution < 1.29 is 28.5 Å². The molecule has 9 heteroatoms. The van der Waals surface area contributed by atoms with E-state index < -0.39 is 12.2 Å². The first-order chi connectivity index (χ1) is 18.5. The highest BCUT2D eigenvalue weighted by atomic mass is 16.6. The number of carbonyl (C=O) groups excluding carboxylic acids is 2. The molecule has 0 radical (unpaired) electrons. The molecule has 2 rings (SSSR count). The highest BCUT2D eigenvalue weighted by Crippen LogP contribution is 2.29. The Balaban J connectivity index is 1.52. The van der Waals surface area contributed by atoms with Crippen LogP contribution in [0.2, 0.25) is 0 Å². The molecule has 3 N–H and O–H groups in total. The van der Waals surface area contributed by atoms with Crippen LogP contribution in [0.3, 0.4) is 0 Å². The zero-order valence-electron chi connectivity index (χ0n) is 22.3. The molecular formula is C29H39N3O6. The molecule has 206 valence electrons. The van der Waals surface area contributed by atoms with Gasteiger partial charge in [0.25, 0.3) is 0 Å². The number of carbonyl (C=O) groups is 2. The second-order valence-electron chi connectivity index (χ2n) is 8.40. The summed E-state index contributed by atoms with van der Waals surface area (Å²) in [5, 5.41) is 8.80. The minimum atomic E-state index is -0.525. The fraction of sp³-hybridized carbons (Fsp3) is 0.379. The van der Waals surface area contributed by atoms with Gasteiger partial charge in [-0.2, -0.15) is 0 Å². The minimum Gasteiger partial charge on any atom is -0.493 e. The molecule has 0 saturated carbocycles.